The number of carbonyl (C=O) groups excluding carboxylic acids is 1. The van der Waals surface area contributed by atoms with E-state index in [-0.39, 0.29) is 17.5 Å². The van der Waals surface area contributed by atoms with Crippen LogP contribution < -0.4 is 5.32 Å². The Bertz CT molecular complexity index is 491. The van der Waals surface area contributed by atoms with Crippen molar-refractivity contribution in [2.75, 3.05) is 19.6 Å². The molecule has 0 radical (unpaired) electrons. The number of nitrogens with one attached hydrogen (secondary N) is 1. The Morgan fingerprint density at radius 3 is 2.75 bits per heavy atom. The number of hydrogen-bond acceptors (Lipinski definition) is 2. The van der Waals surface area contributed by atoms with Gasteiger partial charge < -0.3 is 10.2 Å². The first-order valence-corrected chi connectivity index (χ1v) is 6.97. The van der Waals surface area contributed by atoms with E-state index in [1.807, 2.05) is 0 Å². The summed E-state index contributed by atoms with van der Waals surface area (Å²) >= 11 is 0. The van der Waals surface area contributed by atoms with Crippen LogP contribution in [0.5, 0.6) is 0 Å². The molecule has 0 spiro atoms. The van der Waals surface area contributed by atoms with Gasteiger partial charge in [-0.15, -0.1) is 0 Å². The maximum absolute atomic E-state index is 13.3. The predicted octanol–water partition coefficient (Wildman–Crippen LogP) is 2.42. The summed E-state index contributed by atoms with van der Waals surface area (Å²) in [6.07, 6.45) is 0.860. The average molecular weight is 282 g/mol. The lowest BCUT2D eigenvalue weighted by Gasteiger charge is -2.32. The molecule has 3 nitrogen and oxygen atoms in total. The van der Waals surface area contributed by atoms with Gasteiger partial charge in [0.05, 0.1) is 0 Å². The summed E-state index contributed by atoms with van der Waals surface area (Å²) in [6, 6.07) is 3.39. The lowest BCUT2D eigenvalue weighted by atomic mass is 10.0. The third-order valence-electron chi connectivity index (χ3n) is 3.70. The Kier molecular flexibility index (Phi) is 4.70. The van der Waals surface area contributed by atoms with Crippen LogP contribution in [-0.2, 0) is 0 Å². The largest absolute Gasteiger partial charge is 0.334 e. The van der Waals surface area contributed by atoms with E-state index in [9.17, 15) is 13.6 Å². The number of hydrogen-bond donors (Lipinski definition) is 1. The van der Waals surface area contributed by atoms with Crippen LogP contribution in [0.2, 0.25) is 0 Å². The molecule has 1 fully saturated rings. The van der Waals surface area contributed by atoms with Gasteiger partial charge in [0, 0.05) is 24.7 Å². The van der Waals surface area contributed by atoms with Crippen molar-refractivity contribution in [3.8, 4) is 0 Å². The standard InChI is InChI=1S/C15H20F2N2O/c1-10(2)14-9-18-6-3-7-19(14)15(20)11-4-5-12(16)13(17)8-11/h4-5,8,10,14,18H,3,6-7,9H2,1-2H3. The summed E-state index contributed by atoms with van der Waals surface area (Å²) in [4.78, 5) is 14.3. The second kappa shape index (κ2) is 6.31. The quantitative estimate of drug-likeness (QED) is 0.903. The molecule has 2 rings (SSSR count). The molecule has 110 valence electrons. The van der Waals surface area contributed by atoms with E-state index >= 15 is 0 Å². The van der Waals surface area contributed by atoms with Gasteiger partial charge in [-0.1, -0.05) is 13.8 Å². The summed E-state index contributed by atoms with van der Waals surface area (Å²) in [7, 11) is 0. The number of benzene rings is 1. The molecule has 1 unspecified atom stereocenters. The van der Waals surface area contributed by atoms with Crippen molar-refractivity contribution in [2.24, 2.45) is 5.92 Å². The van der Waals surface area contributed by atoms with Crippen molar-refractivity contribution in [3.05, 3.63) is 35.4 Å². The normalized spacial score (nSPS) is 20.1. The first-order chi connectivity index (χ1) is 9.50. The number of nitrogens with zero attached hydrogens (tertiary/aromatic N) is 1. The molecule has 1 aromatic carbocycles. The molecular formula is C15H20F2N2O. The molecule has 20 heavy (non-hydrogen) atoms. The van der Waals surface area contributed by atoms with Gasteiger partial charge in [0.2, 0.25) is 0 Å². The Morgan fingerprint density at radius 2 is 2.10 bits per heavy atom. The topological polar surface area (TPSA) is 32.3 Å². The summed E-state index contributed by atoms with van der Waals surface area (Å²) in [6.45, 7) is 6.35. The summed E-state index contributed by atoms with van der Waals surface area (Å²) in [5, 5.41) is 3.31. The van der Waals surface area contributed by atoms with Gasteiger partial charge >= 0.3 is 0 Å². The van der Waals surface area contributed by atoms with Crippen LogP contribution in [-0.4, -0.2) is 36.5 Å². The first kappa shape index (κ1) is 14.9. The van der Waals surface area contributed by atoms with E-state index in [2.05, 4.69) is 19.2 Å². The molecular weight excluding hydrogens is 262 g/mol. The fourth-order valence-electron chi connectivity index (χ4n) is 2.54. The molecule has 1 aromatic rings. The van der Waals surface area contributed by atoms with E-state index in [1.165, 1.54) is 6.07 Å². The van der Waals surface area contributed by atoms with Crippen LogP contribution in [0.15, 0.2) is 18.2 Å². The molecule has 1 amide bonds. The van der Waals surface area contributed by atoms with Crippen LogP contribution >= 0.6 is 0 Å². The van der Waals surface area contributed by atoms with Crippen LogP contribution in [0.4, 0.5) is 8.78 Å². The molecule has 0 aliphatic carbocycles. The minimum atomic E-state index is -0.982. The average Bonchev–Trinajstić information content (AvgIpc) is 2.66. The lowest BCUT2D eigenvalue weighted by Crippen LogP contribution is -2.46. The number of rotatable bonds is 2. The van der Waals surface area contributed by atoms with E-state index in [1.54, 1.807) is 4.90 Å². The summed E-state index contributed by atoms with van der Waals surface area (Å²) < 4.78 is 26.2. The van der Waals surface area contributed by atoms with Gasteiger partial charge in [-0.2, -0.15) is 0 Å². The summed E-state index contributed by atoms with van der Waals surface area (Å²) in [5.41, 5.74) is 0.205. The van der Waals surface area contributed by atoms with Crippen molar-refractivity contribution < 1.29 is 13.6 Å². The van der Waals surface area contributed by atoms with Gasteiger partial charge in [0.1, 0.15) is 0 Å². The van der Waals surface area contributed by atoms with Crippen LogP contribution in [0.25, 0.3) is 0 Å². The molecule has 0 saturated carbocycles. The van der Waals surface area contributed by atoms with Gasteiger partial charge in [0.15, 0.2) is 11.6 Å². The highest BCUT2D eigenvalue weighted by Gasteiger charge is 2.28. The minimum Gasteiger partial charge on any atom is -0.334 e. The molecule has 1 N–H and O–H groups in total. The summed E-state index contributed by atoms with van der Waals surface area (Å²) in [5.74, 6) is -1.84. The van der Waals surface area contributed by atoms with E-state index in [4.69, 9.17) is 0 Å². The highest BCUT2D eigenvalue weighted by molar-refractivity contribution is 5.94. The molecule has 0 bridgehead atoms. The van der Waals surface area contributed by atoms with Gasteiger partial charge in [-0.25, -0.2) is 8.78 Å². The number of amides is 1. The van der Waals surface area contributed by atoms with Gasteiger partial charge in [0.25, 0.3) is 5.91 Å². The zero-order valence-electron chi connectivity index (χ0n) is 11.8. The molecule has 1 heterocycles. The zero-order chi connectivity index (χ0) is 14.7. The monoisotopic (exact) mass is 282 g/mol. The molecule has 1 aliphatic rings. The van der Waals surface area contributed by atoms with Crippen molar-refractivity contribution >= 4 is 5.91 Å². The first-order valence-electron chi connectivity index (χ1n) is 6.97. The molecule has 5 heteroatoms. The molecule has 1 saturated heterocycles. The van der Waals surface area contributed by atoms with Gasteiger partial charge in [-0.3, -0.25) is 4.79 Å². The van der Waals surface area contributed by atoms with Crippen molar-refractivity contribution in [1.29, 1.82) is 0 Å². The number of carbonyl (C=O) groups is 1. The Hall–Kier alpha value is -1.49. The highest BCUT2D eigenvalue weighted by Crippen LogP contribution is 2.18. The maximum atomic E-state index is 13.3. The maximum Gasteiger partial charge on any atom is 0.254 e. The second-order valence-electron chi connectivity index (χ2n) is 5.50. The van der Waals surface area contributed by atoms with Crippen molar-refractivity contribution in [1.82, 2.24) is 10.2 Å². The van der Waals surface area contributed by atoms with Crippen LogP contribution in [0, 0.1) is 17.6 Å². The third-order valence-corrected chi connectivity index (χ3v) is 3.70. The highest BCUT2D eigenvalue weighted by atomic mass is 19.2. The zero-order valence-corrected chi connectivity index (χ0v) is 11.8. The lowest BCUT2D eigenvalue weighted by molar-refractivity contribution is 0.0645. The van der Waals surface area contributed by atoms with E-state index < -0.39 is 11.6 Å². The minimum absolute atomic E-state index is 0.0677. The van der Waals surface area contributed by atoms with Crippen LogP contribution in [0.3, 0.4) is 0 Å². The predicted molar refractivity (Wildman–Crippen MR) is 73.5 cm³/mol. The fourth-order valence-corrected chi connectivity index (χ4v) is 2.54. The Labute approximate surface area is 118 Å². The van der Waals surface area contributed by atoms with Gasteiger partial charge in [-0.05, 0) is 37.1 Å². The molecule has 1 aliphatic heterocycles. The van der Waals surface area contributed by atoms with Crippen molar-refractivity contribution in [3.63, 3.8) is 0 Å². The van der Waals surface area contributed by atoms with Crippen LogP contribution in [0.1, 0.15) is 30.6 Å². The SMILES string of the molecule is CC(C)C1CNCCCN1C(=O)c1ccc(F)c(F)c1. The fraction of sp³-hybridized carbons (Fsp3) is 0.533. The van der Waals surface area contributed by atoms with E-state index in [0.29, 0.717) is 12.5 Å². The smallest absolute Gasteiger partial charge is 0.254 e. The Morgan fingerprint density at radius 1 is 1.35 bits per heavy atom. The molecule has 0 aromatic heterocycles. The number of halogens is 2. The van der Waals surface area contributed by atoms with E-state index in [0.717, 1.165) is 31.6 Å². The third kappa shape index (κ3) is 3.15. The Balaban J connectivity index is 2.26. The molecule has 1 atom stereocenters. The van der Waals surface area contributed by atoms with Crippen molar-refractivity contribution in [2.45, 2.75) is 26.3 Å². The second-order valence-corrected chi connectivity index (χ2v) is 5.50.